The van der Waals surface area contributed by atoms with Gasteiger partial charge < -0.3 is 4.90 Å². The summed E-state index contributed by atoms with van der Waals surface area (Å²) in [4.78, 5) is 27.4. The van der Waals surface area contributed by atoms with Gasteiger partial charge in [-0.15, -0.1) is 0 Å². The second kappa shape index (κ2) is 5.96. The van der Waals surface area contributed by atoms with Crippen molar-refractivity contribution in [3.8, 4) is 0 Å². The molecule has 0 aromatic carbocycles. The maximum Gasteiger partial charge on any atom is 0.232 e. The van der Waals surface area contributed by atoms with Crippen LogP contribution in [0.4, 0.5) is 0 Å². The largest absolute Gasteiger partial charge is 0.375 e. The van der Waals surface area contributed by atoms with Crippen molar-refractivity contribution in [1.29, 1.82) is 0 Å². The molecule has 5 atom stereocenters. The van der Waals surface area contributed by atoms with Gasteiger partial charge in [0.25, 0.3) is 0 Å². The molecule has 0 spiro atoms. The molecule has 2 saturated heterocycles. The molecule has 0 aromatic heterocycles. The number of nitrogens with one attached hydrogen (secondary N) is 1. The van der Waals surface area contributed by atoms with E-state index in [0.717, 1.165) is 19.3 Å². The van der Waals surface area contributed by atoms with Crippen LogP contribution in [0.2, 0.25) is 0 Å². The van der Waals surface area contributed by atoms with Crippen LogP contribution in [-0.4, -0.2) is 29.8 Å². The standard InChI is InChI=1S/C23H32N2O2/c1-22-9-7-16(25-11-3-4-12-25)13-15(22)5-6-17-18(22)8-10-23(2)19(17)14-20(26)24-21(23)27/h5,13,17-19H,3-4,6-12,14H2,1-2H3,(H,24,26,27)/t17-,18+,19+,22+,23+/m1/s1. The molecule has 0 aromatic rings. The van der Waals surface area contributed by atoms with Crippen molar-refractivity contribution in [3.05, 3.63) is 23.4 Å². The zero-order valence-corrected chi connectivity index (χ0v) is 16.7. The third-order valence-corrected chi connectivity index (χ3v) is 8.83. The first-order chi connectivity index (χ1) is 12.9. The fourth-order valence-corrected chi connectivity index (χ4v) is 7.06. The topological polar surface area (TPSA) is 49.4 Å². The molecule has 146 valence electrons. The highest BCUT2D eigenvalue weighted by atomic mass is 16.2. The predicted molar refractivity (Wildman–Crippen MR) is 105 cm³/mol. The van der Waals surface area contributed by atoms with Crippen molar-refractivity contribution < 1.29 is 9.59 Å². The van der Waals surface area contributed by atoms with Gasteiger partial charge in [0, 0.05) is 25.2 Å². The molecule has 5 rings (SSSR count). The van der Waals surface area contributed by atoms with Crippen LogP contribution in [0.15, 0.2) is 23.4 Å². The minimum atomic E-state index is -0.359. The molecule has 27 heavy (non-hydrogen) atoms. The van der Waals surface area contributed by atoms with Crippen LogP contribution in [-0.2, 0) is 9.59 Å². The van der Waals surface area contributed by atoms with Gasteiger partial charge in [0.05, 0.1) is 5.41 Å². The summed E-state index contributed by atoms with van der Waals surface area (Å²) in [6.45, 7) is 7.00. The van der Waals surface area contributed by atoms with Gasteiger partial charge in [-0.25, -0.2) is 0 Å². The molecule has 1 N–H and O–H groups in total. The van der Waals surface area contributed by atoms with Crippen molar-refractivity contribution >= 4 is 11.8 Å². The molecule has 5 aliphatic rings. The van der Waals surface area contributed by atoms with E-state index in [9.17, 15) is 9.59 Å². The molecule has 4 heteroatoms. The second-order valence-corrected chi connectivity index (χ2v) is 10.1. The Labute approximate surface area is 162 Å². The molecule has 4 nitrogen and oxygen atoms in total. The van der Waals surface area contributed by atoms with E-state index in [0.29, 0.717) is 18.3 Å². The summed E-state index contributed by atoms with van der Waals surface area (Å²) in [5.74, 6) is 1.18. The lowest BCUT2D eigenvalue weighted by Gasteiger charge is -2.58. The lowest BCUT2D eigenvalue weighted by atomic mass is 9.47. The fourth-order valence-electron chi connectivity index (χ4n) is 7.06. The van der Waals surface area contributed by atoms with Crippen molar-refractivity contribution in [3.63, 3.8) is 0 Å². The Hall–Kier alpha value is -1.58. The third kappa shape index (κ3) is 2.48. The van der Waals surface area contributed by atoms with E-state index in [1.54, 1.807) is 5.70 Å². The number of amides is 2. The number of piperidine rings is 1. The third-order valence-electron chi connectivity index (χ3n) is 8.83. The minimum Gasteiger partial charge on any atom is -0.375 e. The molecular weight excluding hydrogens is 336 g/mol. The van der Waals surface area contributed by atoms with Crippen LogP contribution >= 0.6 is 0 Å². The Morgan fingerprint density at radius 3 is 2.63 bits per heavy atom. The van der Waals surface area contributed by atoms with Crippen LogP contribution in [0.1, 0.15) is 65.2 Å². The Bertz CT molecular complexity index is 747. The van der Waals surface area contributed by atoms with E-state index < -0.39 is 0 Å². The smallest absolute Gasteiger partial charge is 0.232 e. The summed E-state index contributed by atoms with van der Waals surface area (Å²) in [5.41, 5.74) is 2.93. The molecule has 0 bridgehead atoms. The molecule has 2 heterocycles. The van der Waals surface area contributed by atoms with Gasteiger partial charge in [-0.2, -0.15) is 0 Å². The number of carbonyl (C=O) groups excluding carboxylic acids is 2. The fraction of sp³-hybridized carbons (Fsp3) is 0.739. The number of likely N-dealkylation sites (tertiary alicyclic amines) is 1. The second-order valence-electron chi connectivity index (χ2n) is 10.1. The lowest BCUT2D eigenvalue weighted by Crippen LogP contribution is -2.59. The number of imide groups is 1. The highest BCUT2D eigenvalue weighted by Crippen LogP contribution is 2.62. The van der Waals surface area contributed by atoms with Crippen molar-refractivity contribution in [2.75, 3.05) is 13.1 Å². The van der Waals surface area contributed by atoms with Gasteiger partial charge in [0.15, 0.2) is 0 Å². The van der Waals surface area contributed by atoms with E-state index in [1.807, 2.05) is 0 Å². The molecule has 3 aliphatic carbocycles. The summed E-state index contributed by atoms with van der Waals surface area (Å²) < 4.78 is 0. The Morgan fingerprint density at radius 1 is 1.07 bits per heavy atom. The lowest BCUT2D eigenvalue weighted by molar-refractivity contribution is -0.154. The van der Waals surface area contributed by atoms with E-state index in [-0.39, 0.29) is 28.6 Å². The van der Waals surface area contributed by atoms with Crippen LogP contribution in [0.3, 0.4) is 0 Å². The quantitative estimate of drug-likeness (QED) is 0.717. The maximum absolute atomic E-state index is 12.6. The summed E-state index contributed by atoms with van der Waals surface area (Å²) in [6.07, 6.45) is 13.6. The number of fused-ring (bicyclic) bond motifs is 5. The Morgan fingerprint density at radius 2 is 1.85 bits per heavy atom. The maximum atomic E-state index is 12.6. The number of allylic oxidation sites excluding steroid dienone is 4. The molecule has 2 amide bonds. The summed E-state index contributed by atoms with van der Waals surface area (Å²) in [6, 6.07) is 0. The van der Waals surface area contributed by atoms with Gasteiger partial charge in [-0.05, 0) is 79.8 Å². The van der Waals surface area contributed by atoms with E-state index >= 15 is 0 Å². The normalized spacial score (nSPS) is 43.9. The van der Waals surface area contributed by atoms with Crippen LogP contribution in [0, 0.1) is 28.6 Å². The number of hydrogen-bond acceptors (Lipinski definition) is 3. The first-order valence-electron chi connectivity index (χ1n) is 10.9. The zero-order chi connectivity index (χ0) is 18.8. The zero-order valence-electron chi connectivity index (χ0n) is 16.7. The summed E-state index contributed by atoms with van der Waals surface area (Å²) >= 11 is 0. The first-order valence-corrected chi connectivity index (χ1v) is 10.9. The molecule has 0 radical (unpaired) electrons. The van der Waals surface area contributed by atoms with E-state index in [2.05, 4.69) is 36.2 Å². The minimum absolute atomic E-state index is 0.0259. The molecule has 0 unspecified atom stereocenters. The SMILES string of the molecule is C[C@]12CCC(N3CCCC3)=CC1=CC[C@@H]1[C@@H]2CC[C@]2(C)C(=O)NC(=O)C[C@@H]12. The van der Waals surface area contributed by atoms with Crippen molar-refractivity contribution in [1.82, 2.24) is 10.2 Å². The number of rotatable bonds is 1. The molecule has 3 fully saturated rings. The van der Waals surface area contributed by atoms with Crippen LogP contribution < -0.4 is 5.32 Å². The van der Waals surface area contributed by atoms with Gasteiger partial charge in [0.2, 0.25) is 11.8 Å². The summed E-state index contributed by atoms with van der Waals surface area (Å²) in [7, 11) is 0. The predicted octanol–water partition coefficient (Wildman–Crippen LogP) is 3.79. The monoisotopic (exact) mass is 368 g/mol. The number of nitrogens with zero attached hydrogens (tertiary/aromatic N) is 1. The van der Waals surface area contributed by atoms with Crippen LogP contribution in [0.25, 0.3) is 0 Å². The number of carbonyl (C=O) groups is 2. The van der Waals surface area contributed by atoms with Crippen molar-refractivity contribution in [2.24, 2.45) is 28.6 Å². The van der Waals surface area contributed by atoms with Gasteiger partial charge in [-0.1, -0.05) is 19.9 Å². The average molecular weight is 369 g/mol. The molecule has 2 aliphatic heterocycles. The van der Waals surface area contributed by atoms with Gasteiger partial charge in [0.1, 0.15) is 0 Å². The highest BCUT2D eigenvalue weighted by Gasteiger charge is 2.58. The van der Waals surface area contributed by atoms with Gasteiger partial charge >= 0.3 is 0 Å². The average Bonchev–Trinajstić information content (AvgIpc) is 3.17. The Kier molecular flexibility index (Phi) is 3.86. The van der Waals surface area contributed by atoms with E-state index in [4.69, 9.17) is 0 Å². The van der Waals surface area contributed by atoms with Crippen molar-refractivity contribution in [2.45, 2.75) is 65.2 Å². The van der Waals surface area contributed by atoms with Crippen LogP contribution in [0.5, 0.6) is 0 Å². The molecular formula is C23H32N2O2. The summed E-state index contributed by atoms with van der Waals surface area (Å²) in [5, 5.41) is 2.61. The van der Waals surface area contributed by atoms with Gasteiger partial charge in [-0.3, -0.25) is 14.9 Å². The van der Waals surface area contributed by atoms with E-state index in [1.165, 1.54) is 44.3 Å². The Balaban J connectivity index is 1.47. The highest BCUT2D eigenvalue weighted by molar-refractivity contribution is 6.01. The number of hydrogen-bond donors (Lipinski definition) is 1. The molecule has 1 saturated carbocycles. The first kappa shape index (κ1) is 17.5.